The van der Waals surface area contributed by atoms with Crippen LogP contribution in [0.25, 0.3) is 0 Å². The fourth-order valence-electron chi connectivity index (χ4n) is 1.43. The maximum atomic E-state index is 11.9. The first kappa shape index (κ1) is 11.7. The zero-order valence-corrected chi connectivity index (χ0v) is 10.3. The van der Waals surface area contributed by atoms with Gasteiger partial charge in [0.05, 0.1) is 10.7 Å². The molecule has 1 amide bonds. The van der Waals surface area contributed by atoms with Gasteiger partial charge in [-0.25, -0.2) is 0 Å². The second kappa shape index (κ2) is 4.63. The molecule has 1 N–H and O–H groups in total. The number of halogens is 1. The smallest absolute Gasteiger partial charge is 0.291 e. The van der Waals surface area contributed by atoms with Crippen molar-refractivity contribution in [3.63, 3.8) is 0 Å². The Morgan fingerprint density at radius 2 is 2.00 bits per heavy atom. The molecule has 0 saturated carbocycles. The summed E-state index contributed by atoms with van der Waals surface area (Å²) < 4.78 is 5.33. The fourth-order valence-corrected chi connectivity index (χ4v) is 1.61. The molecule has 0 bridgehead atoms. The molecular formula is C13H12ClNO2. The molecule has 0 atom stereocenters. The number of benzene rings is 1. The third-order valence-electron chi connectivity index (χ3n) is 2.51. The van der Waals surface area contributed by atoms with Crippen molar-refractivity contribution in [2.75, 3.05) is 5.32 Å². The summed E-state index contributed by atoms with van der Waals surface area (Å²) in [6.07, 6.45) is 0. The van der Waals surface area contributed by atoms with E-state index in [4.69, 9.17) is 16.0 Å². The Kier molecular flexibility index (Phi) is 3.20. The van der Waals surface area contributed by atoms with Crippen molar-refractivity contribution in [2.24, 2.45) is 0 Å². The van der Waals surface area contributed by atoms with Gasteiger partial charge in [-0.15, -0.1) is 0 Å². The number of hydrogen-bond acceptors (Lipinski definition) is 2. The molecule has 1 aromatic heterocycles. The van der Waals surface area contributed by atoms with Crippen LogP contribution in [0, 0.1) is 13.8 Å². The second-order valence-electron chi connectivity index (χ2n) is 3.78. The highest BCUT2D eigenvalue weighted by Crippen LogP contribution is 2.22. The average molecular weight is 250 g/mol. The van der Waals surface area contributed by atoms with Gasteiger partial charge in [-0.1, -0.05) is 23.7 Å². The average Bonchev–Trinajstić information content (AvgIpc) is 2.63. The SMILES string of the molecule is Cc1cc(C(=O)Nc2ccccc2Cl)oc1C. The van der Waals surface area contributed by atoms with Crippen molar-refractivity contribution in [3.05, 3.63) is 52.4 Å². The highest BCUT2D eigenvalue weighted by molar-refractivity contribution is 6.33. The quantitative estimate of drug-likeness (QED) is 0.880. The van der Waals surface area contributed by atoms with Crippen LogP contribution in [0.1, 0.15) is 21.9 Å². The van der Waals surface area contributed by atoms with Gasteiger partial charge in [0, 0.05) is 0 Å². The van der Waals surface area contributed by atoms with Crippen molar-refractivity contribution < 1.29 is 9.21 Å². The summed E-state index contributed by atoms with van der Waals surface area (Å²) >= 11 is 5.95. The van der Waals surface area contributed by atoms with Crippen molar-refractivity contribution in [2.45, 2.75) is 13.8 Å². The molecule has 4 heteroatoms. The predicted octanol–water partition coefficient (Wildman–Crippen LogP) is 3.80. The minimum atomic E-state index is -0.297. The molecule has 0 radical (unpaired) electrons. The summed E-state index contributed by atoms with van der Waals surface area (Å²) in [5, 5.41) is 3.20. The lowest BCUT2D eigenvalue weighted by molar-refractivity contribution is 0.0995. The van der Waals surface area contributed by atoms with Crippen LogP contribution in [0.4, 0.5) is 5.69 Å². The molecule has 0 saturated heterocycles. The normalized spacial score (nSPS) is 10.3. The number of carbonyl (C=O) groups is 1. The van der Waals surface area contributed by atoms with Crippen LogP contribution < -0.4 is 5.32 Å². The standard InChI is InChI=1S/C13H12ClNO2/c1-8-7-12(17-9(8)2)13(16)15-11-6-4-3-5-10(11)14/h3-7H,1-2H3,(H,15,16). The predicted molar refractivity (Wildman–Crippen MR) is 67.6 cm³/mol. The number of aryl methyl sites for hydroxylation is 2. The first-order valence-electron chi connectivity index (χ1n) is 5.21. The van der Waals surface area contributed by atoms with Gasteiger partial charge in [-0.3, -0.25) is 4.79 Å². The minimum Gasteiger partial charge on any atom is -0.456 e. The second-order valence-corrected chi connectivity index (χ2v) is 4.19. The van der Waals surface area contributed by atoms with Crippen LogP contribution in [-0.4, -0.2) is 5.91 Å². The monoisotopic (exact) mass is 249 g/mol. The van der Waals surface area contributed by atoms with Crippen LogP contribution in [0.5, 0.6) is 0 Å². The number of furan rings is 1. The van der Waals surface area contributed by atoms with Crippen molar-refractivity contribution in [3.8, 4) is 0 Å². The fraction of sp³-hybridized carbons (Fsp3) is 0.154. The number of para-hydroxylation sites is 1. The van der Waals surface area contributed by atoms with E-state index in [1.807, 2.05) is 13.8 Å². The van der Waals surface area contributed by atoms with E-state index >= 15 is 0 Å². The zero-order valence-electron chi connectivity index (χ0n) is 9.58. The minimum absolute atomic E-state index is 0.292. The molecule has 2 rings (SSSR count). The van der Waals surface area contributed by atoms with Crippen LogP contribution in [-0.2, 0) is 0 Å². The largest absolute Gasteiger partial charge is 0.456 e. The third-order valence-corrected chi connectivity index (χ3v) is 2.84. The van der Waals surface area contributed by atoms with Crippen molar-refractivity contribution in [1.29, 1.82) is 0 Å². The highest BCUT2D eigenvalue weighted by Gasteiger charge is 2.13. The Balaban J connectivity index is 2.20. The summed E-state index contributed by atoms with van der Waals surface area (Å²) in [5.74, 6) is 0.739. The molecule has 17 heavy (non-hydrogen) atoms. The first-order chi connectivity index (χ1) is 8.08. The Hall–Kier alpha value is -1.74. The van der Waals surface area contributed by atoms with Crippen molar-refractivity contribution in [1.82, 2.24) is 0 Å². The Morgan fingerprint density at radius 3 is 2.59 bits per heavy atom. The summed E-state index contributed by atoms with van der Waals surface area (Å²) in [5.41, 5.74) is 1.53. The number of hydrogen-bond donors (Lipinski definition) is 1. The molecule has 1 aromatic carbocycles. The maximum Gasteiger partial charge on any atom is 0.291 e. The molecule has 0 aliphatic carbocycles. The summed E-state index contributed by atoms with van der Waals surface area (Å²) in [6.45, 7) is 3.71. The van der Waals surface area contributed by atoms with E-state index in [0.29, 0.717) is 16.5 Å². The van der Waals surface area contributed by atoms with Crippen LogP contribution >= 0.6 is 11.6 Å². The molecule has 88 valence electrons. The van der Waals surface area contributed by atoms with E-state index in [1.54, 1.807) is 30.3 Å². The van der Waals surface area contributed by atoms with E-state index in [0.717, 1.165) is 11.3 Å². The molecule has 0 aliphatic heterocycles. The van der Waals surface area contributed by atoms with Gasteiger partial charge in [0.15, 0.2) is 5.76 Å². The molecule has 2 aromatic rings. The van der Waals surface area contributed by atoms with E-state index in [-0.39, 0.29) is 5.91 Å². The summed E-state index contributed by atoms with van der Waals surface area (Å²) in [6, 6.07) is 8.78. The molecular weight excluding hydrogens is 238 g/mol. The summed E-state index contributed by atoms with van der Waals surface area (Å²) in [7, 11) is 0. The Labute approximate surface area is 104 Å². The van der Waals surface area contributed by atoms with E-state index in [9.17, 15) is 4.79 Å². The lowest BCUT2D eigenvalue weighted by Gasteiger charge is -2.04. The number of nitrogens with one attached hydrogen (secondary N) is 1. The van der Waals surface area contributed by atoms with Crippen LogP contribution in [0.3, 0.4) is 0 Å². The van der Waals surface area contributed by atoms with E-state index in [2.05, 4.69) is 5.32 Å². The van der Waals surface area contributed by atoms with Gasteiger partial charge in [-0.05, 0) is 37.6 Å². The molecule has 3 nitrogen and oxygen atoms in total. The number of rotatable bonds is 2. The lowest BCUT2D eigenvalue weighted by Crippen LogP contribution is -2.11. The number of anilines is 1. The van der Waals surface area contributed by atoms with Crippen LogP contribution in [0.2, 0.25) is 5.02 Å². The number of carbonyl (C=O) groups excluding carboxylic acids is 1. The Morgan fingerprint density at radius 1 is 1.29 bits per heavy atom. The van der Waals surface area contributed by atoms with Crippen molar-refractivity contribution >= 4 is 23.2 Å². The van der Waals surface area contributed by atoms with Gasteiger partial charge in [0.25, 0.3) is 5.91 Å². The lowest BCUT2D eigenvalue weighted by atomic mass is 10.2. The van der Waals surface area contributed by atoms with Gasteiger partial charge in [-0.2, -0.15) is 0 Å². The highest BCUT2D eigenvalue weighted by atomic mass is 35.5. The van der Waals surface area contributed by atoms with Crippen LogP contribution in [0.15, 0.2) is 34.7 Å². The number of amides is 1. The third kappa shape index (κ3) is 2.50. The van der Waals surface area contributed by atoms with E-state index in [1.165, 1.54) is 0 Å². The van der Waals surface area contributed by atoms with E-state index < -0.39 is 0 Å². The van der Waals surface area contributed by atoms with Gasteiger partial charge in [0.1, 0.15) is 5.76 Å². The van der Waals surface area contributed by atoms with Gasteiger partial charge >= 0.3 is 0 Å². The topological polar surface area (TPSA) is 42.2 Å². The maximum absolute atomic E-state index is 11.9. The zero-order chi connectivity index (χ0) is 12.4. The molecule has 0 aliphatic rings. The molecule has 0 fully saturated rings. The Bertz CT molecular complexity index is 541. The van der Waals surface area contributed by atoms with Gasteiger partial charge in [0.2, 0.25) is 0 Å². The first-order valence-corrected chi connectivity index (χ1v) is 5.58. The summed E-state index contributed by atoms with van der Waals surface area (Å²) in [4.78, 5) is 11.9. The molecule has 0 unspecified atom stereocenters. The molecule has 0 spiro atoms. The van der Waals surface area contributed by atoms with Gasteiger partial charge < -0.3 is 9.73 Å². The molecule has 1 heterocycles.